The molecule has 0 aromatic heterocycles. The number of nitrogens with zero attached hydrogens (tertiary/aromatic N) is 1. The van der Waals surface area contributed by atoms with Gasteiger partial charge < -0.3 is 15.0 Å². The molecule has 0 radical (unpaired) electrons. The molecule has 1 amide bonds. The van der Waals surface area contributed by atoms with Gasteiger partial charge in [-0.15, -0.1) is 0 Å². The number of hydrogen-bond donors (Lipinski definition) is 1. The third kappa shape index (κ3) is 4.94. The number of carbonyl (C=O) groups excluding carboxylic acids is 1. The van der Waals surface area contributed by atoms with E-state index in [9.17, 15) is 4.79 Å². The van der Waals surface area contributed by atoms with Crippen LogP contribution in [0.4, 0.5) is 0 Å². The normalized spacial score (nSPS) is 18.6. The molecule has 4 nitrogen and oxygen atoms in total. The van der Waals surface area contributed by atoms with Crippen molar-refractivity contribution in [2.24, 2.45) is 11.8 Å². The molecule has 4 heteroatoms. The monoisotopic (exact) mass is 256 g/mol. The van der Waals surface area contributed by atoms with Crippen LogP contribution in [0.25, 0.3) is 0 Å². The summed E-state index contributed by atoms with van der Waals surface area (Å²) < 4.78 is 5.35. The van der Waals surface area contributed by atoms with Crippen LogP contribution in [-0.2, 0) is 9.53 Å². The quantitative estimate of drug-likeness (QED) is 0.750. The van der Waals surface area contributed by atoms with Gasteiger partial charge in [0.25, 0.3) is 0 Å². The van der Waals surface area contributed by atoms with Gasteiger partial charge in [-0.1, -0.05) is 6.92 Å². The zero-order valence-corrected chi connectivity index (χ0v) is 12.1. The van der Waals surface area contributed by atoms with E-state index >= 15 is 0 Å². The van der Waals surface area contributed by atoms with Gasteiger partial charge in [0.05, 0.1) is 5.92 Å². The van der Waals surface area contributed by atoms with Crippen molar-refractivity contribution in [2.45, 2.75) is 32.6 Å². The molecule has 1 rings (SSSR count). The van der Waals surface area contributed by atoms with E-state index in [1.54, 1.807) is 0 Å². The van der Waals surface area contributed by atoms with Crippen LogP contribution in [0.2, 0.25) is 0 Å². The van der Waals surface area contributed by atoms with Crippen LogP contribution < -0.4 is 5.32 Å². The standard InChI is InChI=1S/C14H28N2O2/c1-4-13(11-15-2)14(17)16(3)8-5-12-6-9-18-10-7-12/h12-13,15H,4-11H2,1-3H3. The van der Waals surface area contributed by atoms with Crippen molar-refractivity contribution in [1.82, 2.24) is 10.2 Å². The Labute approximate surface area is 111 Å². The third-order valence-electron chi connectivity index (χ3n) is 3.88. The Balaban J connectivity index is 2.29. The fraction of sp³-hybridized carbons (Fsp3) is 0.929. The van der Waals surface area contributed by atoms with Crippen LogP contribution >= 0.6 is 0 Å². The fourth-order valence-corrected chi connectivity index (χ4v) is 2.49. The first-order chi connectivity index (χ1) is 8.69. The predicted molar refractivity (Wildman–Crippen MR) is 73.5 cm³/mol. The largest absolute Gasteiger partial charge is 0.381 e. The van der Waals surface area contributed by atoms with Crippen molar-refractivity contribution in [1.29, 1.82) is 0 Å². The van der Waals surface area contributed by atoms with Crippen molar-refractivity contribution in [3.05, 3.63) is 0 Å². The van der Waals surface area contributed by atoms with Crippen molar-refractivity contribution in [2.75, 3.05) is 40.4 Å². The van der Waals surface area contributed by atoms with E-state index in [0.29, 0.717) is 0 Å². The van der Waals surface area contributed by atoms with Gasteiger partial charge in [0.15, 0.2) is 0 Å². The Morgan fingerprint density at radius 3 is 2.67 bits per heavy atom. The van der Waals surface area contributed by atoms with Gasteiger partial charge in [-0.3, -0.25) is 4.79 Å². The van der Waals surface area contributed by atoms with Crippen molar-refractivity contribution < 1.29 is 9.53 Å². The number of hydrogen-bond acceptors (Lipinski definition) is 3. The zero-order valence-electron chi connectivity index (χ0n) is 12.1. The summed E-state index contributed by atoms with van der Waals surface area (Å²) in [5.74, 6) is 1.13. The van der Waals surface area contributed by atoms with E-state index in [1.165, 1.54) is 0 Å². The molecule has 18 heavy (non-hydrogen) atoms. The molecule has 0 aliphatic carbocycles. The second-order valence-corrected chi connectivity index (χ2v) is 5.27. The van der Waals surface area contributed by atoms with Crippen LogP contribution in [0.3, 0.4) is 0 Å². The summed E-state index contributed by atoms with van der Waals surface area (Å²) in [6.07, 6.45) is 4.31. The molecule has 0 aromatic carbocycles. The van der Waals surface area contributed by atoms with Crippen LogP contribution in [0, 0.1) is 11.8 Å². The van der Waals surface area contributed by atoms with Crippen LogP contribution in [0.15, 0.2) is 0 Å². The molecular weight excluding hydrogens is 228 g/mol. The van der Waals surface area contributed by atoms with E-state index < -0.39 is 0 Å². The summed E-state index contributed by atoms with van der Waals surface area (Å²) >= 11 is 0. The summed E-state index contributed by atoms with van der Waals surface area (Å²) in [5, 5.41) is 3.10. The molecule has 1 aliphatic rings. The lowest BCUT2D eigenvalue weighted by molar-refractivity contribution is -0.134. The van der Waals surface area contributed by atoms with Crippen LogP contribution in [0.5, 0.6) is 0 Å². The molecule has 106 valence electrons. The summed E-state index contributed by atoms with van der Waals surface area (Å²) in [6, 6.07) is 0. The third-order valence-corrected chi connectivity index (χ3v) is 3.88. The summed E-state index contributed by atoms with van der Waals surface area (Å²) in [4.78, 5) is 14.1. The molecule has 1 atom stereocenters. The van der Waals surface area contributed by atoms with Gasteiger partial charge in [-0.05, 0) is 38.6 Å². The molecule has 1 fully saturated rings. The van der Waals surface area contributed by atoms with Crippen molar-refractivity contribution in [3.63, 3.8) is 0 Å². The molecule has 0 bridgehead atoms. The van der Waals surface area contributed by atoms with E-state index in [1.807, 2.05) is 19.0 Å². The van der Waals surface area contributed by atoms with E-state index in [0.717, 1.165) is 57.9 Å². The SMILES string of the molecule is CCC(CNC)C(=O)N(C)CCC1CCOCC1. The van der Waals surface area contributed by atoms with Crippen LogP contribution in [0.1, 0.15) is 32.6 Å². The smallest absolute Gasteiger partial charge is 0.226 e. The number of amides is 1. The molecule has 1 heterocycles. The maximum atomic E-state index is 12.2. The molecule has 1 aliphatic heterocycles. The summed E-state index contributed by atoms with van der Waals surface area (Å²) in [5.41, 5.74) is 0. The Morgan fingerprint density at radius 2 is 2.11 bits per heavy atom. The average molecular weight is 256 g/mol. The highest BCUT2D eigenvalue weighted by Crippen LogP contribution is 2.19. The first kappa shape index (κ1) is 15.4. The number of ether oxygens (including phenoxy) is 1. The maximum absolute atomic E-state index is 12.2. The number of rotatable bonds is 7. The first-order valence-corrected chi connectivity index (χ1v) is 7.16. The Morgan fingerprint density at radius 1 is 1.44 bits per heavy atom. The molecule has 1 saturated heterocycles. The molecule has 0 saturated carbocycles. The lowest BCUT2D eigenvalue weighted by Gasteiger charge is -2.27. The summed E-state index contributed by atoms with van der Waals surface area (Å²) in [7, 11) is 3.83. The predicted octanol–water partition coefficient (Wildman–Crippen LogP) is 1.51. The van der Waals surface area contributed by atoms with E-state index in [4.69, 9.17) is 4.74 Å². The highest BCUT2D eigenvalue weighted by molar-refractivity contribution is 5.78. The van der Waals surface area contributed by atoms with Gasteiger partial charge in [0.2, 0.25) is 5.91 Å². The van der Waals surface area contributed by atoms with Crippen molar-refractivity contribution in [3.8, 4) is 0 Å². The highest BCUT2D eigenvalue weighted by Gasteiger charge is 2.21. The minimum absolute atomic E-state index is 0.120. The Bertz CT molecular complexity index is 240. The maximum Gasteiger partial charge on any atom is 0.226 e. The minimum atomic E-state index is 0.120. The topological polar surface area (TPSA) is 41.6 Å². The van der Waals surface area contributed by atoms with Gasteiger partial charge in [0, 0.05) is 33.4 Å². The second-order valence-electron chi connectivity index (χ2n) is 5.27. The highest BCUT2D eigenvalue weighted by atomic mass is 16.5. The second kappa shape index (κ2) is 8.48. The van der Waals surface area contributed by atoms with Gasteiger partial charge in [-0.2, -0.15) is 0 Å². The zero-order chi connectivity index (χ0) is 13.4. The molecule has 1 unspecified atom stereocenters. The number of carbonyl (C=O) groups is 1. The molecule has 0 aromatic rings. The molecule has 1 N–H and O–H groups in total. The lowest BCUT2D eigenvalue weighted by atomic mass is 9.96. The van der Waals surface area contributed by atoms with Gasteiger partial charge in [-0.25, -0.2) is 0 Å². The average Bonchev–Trinajstić information content (AvgIpc) is 2.42. The molecular formula is C14H28N2O2. The number of nitrogens with one attached hydrogen (secondary N) is 1. The van der Waals surface area contributed by atoms with Crippen LogP contribution in [-0.4, -0.2) is 51.2 Å². The van der Waals surface area contributed by atoms with Gasteiger partial charge >= 0.3 is 0 Å². The fourth-order valence-electron chi connectivity index (χ4n) is 2.49. The summed E-state index contributed by atoms with van der Waals surface area (Å²) in [6.45, 7) is 5.51. The van der Waals surface area contributed by atoms with E-state index in [-0.39, 0.29) is 11.8 Å². The molecule has 0 spiro atoms. The van der Waals surface area contributed by atoms with Crippen molar-refractivity contribution >= 4 is 5.91 Å². The van der Waals surface area contributed by atoms with Gasteiger partial charge in [0.1, 0.15) is 0 Å². The minimum Gasteiger partial charge on any atom is -0.381 e. The lowest BCUT2D eigenvalue weighted by Crippen LogP contribution is -2.38. The van der Waals surface area contributed by atoms with E-state index in [2.05, 4.69) is 12.2 Å². The first-order valence-electron chi connectivity index (χ1n) is 7.16. The Hall–Kier alpha value is -0.610. The Kier molecular flexibility index (Phi) is 7.28.